The first-order valence-electron chi connectivity index (χ1n) is 23.5. The van der Waals surface area contributed by atoms with E-state index >= 15 is 0 Å². The maximum absolute atomic E-state index is 7.15. The maximum Gasteiger partial charge on any atom is 0.165 e. The summed E-state index contributed by atoms with van der Waals surface area (Å²) in [5.74, 6) is 3.43. The zero-order chi connectivity index (χ0) is 46.5. The minimum Gasteiger partial charge on any atom is -0.452 e. The number of ether oxygens (including phenoxy) is 1. The van der Waals surface area contributed by atoms with Gasteiger partial charge in [0.2, 0.25) is 0 Å². The Labute approximate surface area is 409 Å². The lowest BCUT2D eigenvalue weighted by Crippen LogP contribution is -2.32. The molecular formula is C62H40N6OS. The van der Waals surface area contributed by atoms with E-state index in [1.54, 1.807) is 11.8 Å². The summed E-state index contributed by atoms with van der Waals surface area (Å²) < 4.78 is 7.15. The number of pyridine rings is 2. The van der Waals surface area contributed by atoms with Gasteiger partial charge in [-0.2, -0.15) is 0 Å². The number of aromatic nitrogens is 5. The molecule has 0 radical (unpaired) electrons. The Morgan fingerprint density at radius 3 is 1.93 bits per heavy atom. The van der Waals surface area contributed by atoms with Crippen molar-refractivity contribution in [3.05, 3.63) is 240 Å². The van der Waals surface area contributed by atoms with Crippen LogP contribution in [-0.4, -0.2) is 24.9 Å². The van der Waals surface area contributed by atoms with Gasteiger partial charge in [-0.15, -0.1) is 0 Å². The van der Waals surface area contributed by atoms with Crippen molar-refractivity contribution in [2.75, 3.05) is 4.90 Å². The van der Waals surface area contributed by atoms with Crippen molar-refractivity contribution in [3.63, 3.8) is 0 Å². The molecule has 1 atom stereocenters. The van der Waals surface area contributed by atoms with Gasteiger partial charge in [0.15, 0.2) is 29.0 Å². The second kappa shape index (κ2) is 15.7. The highest BCUT2D eigenvalue weighted by Crippen LogP contribution is 2.66. The van der Waals surface area contributed by atoms with E-state index < -0.39 is 5.41 Å². The predicted molar refractivity (Wildman–Crippen MR) is 280 cm³/mol. The lowest BCUT2D eigenvalue weighted by atomic mass is 9.67. The van der Waals surface area contributed by atoms with E-state index in [9.17, 15) is 0 Å². The van der Waals surface area contributed by atoms with Crippen molar-refractivity contribution >= 4 is 39.6 Å². The van der Waals surface area contributed by atoms with Crippen molar-refractivity contribution < 1.29 is 4.74 Å². The van der Waals surface area contributed by atoms with Crippen LogP contribution in [0.5, 0.6) is 11.5 Å². The molecule has 5 heterocycles. The molecule has 3 aliphatic rings. The van der Waals surface area contributed by atoms with Gasteiger partial charge in [0.25, 0.3) is 0 Å². The zero-order valence-electron chi connectivity index (χ0n) is 38.1. The van der Waals surface area contributed by atoms with Gasteiger partial charge in [0, 0.05) is 50.8 Å². The van der Waals surface area contributed by atoms with Crippen LogP contribution in [0.3, 0.4) is 0 Å². The third kappa shape index (κ3) is 6.13. The summed E-state index contributed by atoms with van der Waals surface area (Å²) in [6.45, 7) is 4.18. The number of rotatable bonds is 5. The molecule has 0 N–H and O–H groups in total. The molecule has 330 valence electrons. The summed E-state index contributed by atoms with van der Waals surface area (Å²) in [5.41, 5.74) is 15.4. The molecule has 1 aliphatic carbocycles. The molecule has 0 saturated carbocycles. The fourth-order valence-corrected chi connectivity index (χ4v) is 12.0. The van der Waals surface area contributed by atoms with Crippen LogP contribution in [0.1, 0.15) is 33.4 Å². The number of anilines is 3. The Balaban J connectivity index is 0.983. The molecule has 0 bridgehead atoms. The van der Waals surface area contributed by atoms with Crippen molar-refractivity contribution in [1.29, 1.82) is 0 Å². The lowest BCUT2D eigenvalue weighted by Gasteiger charge is -2.42. The second-order valence-corrected chi connectivity index (χ2v) is 19.2. The van der Waals surface area contributed by atoms with E-state index in [1.165, 1.54) is 27.5 Å². The summed E-state index contributed by atoms with van der Waals surface area (Å²) in [7, 11) is 0. The summed E-state index contributed by atoms with van der Waals surface area (Å²) in [6.07, 6.45) is 3.86. The molecule has 1 unspecified atom stereocenters. The van der Waals surface area contributed by atoms with Crippen LogP contribution in [0.4, 0.5) is 17.1 Å². The molecule has 11 aromatic rings. The van der Waals surface area contributed by atoms with Crippen LogP contribution in [0, 0.1) is 13.8 Å². The summed E-state index contributed by atoms with van der Waals surface area (Å²) >= 11 is 1.77. The number of hydrogen-bond acceptors (Lipinski definition) is 8. The topological polar surface area (TPSA) is 76.9 Å². The van der Waals surface area contributed by atoms with Gasteiger partial charge >= 0.3 is 0 Å². The molecule has 8 aromatic carbocycles. The van der Waals surface area contributed by atoms with Crippen LogP contribution in [0.15, 0.2) is 216 Å². The van der Waals surface area contributed by atoms with E-state index in [1.807, 2.05) is 18.5 Å². The Hall–Kier alpha value is -8.72. The van der Waals surface area contributed by atoms with Crippen LogP contribution in [-0.2, 0) is 5.41 Å². The Morgan fingerprint density at radius 1 is 0.471 bits per heavy atom. The number of aryl methyl sites for hydroxylation is 2. The summed E-state index contributed by atoms with van der Waals surface area (Å²) in [6, 6.07) is 68.6. The predicted octanol–water partition coefficient (Wildman–Crippen LogP) is 15.5. The Morgan fingerprint density at radius 2 is 1.13 bits per heavy atom. The molecule has 0 saturated heterocycles. The van der Waals surface area contributed by atoms with Crippen LogP contribution in [0.2, 0.25) is 0 Å². The molecule has 14 rings (SSSR count). The first-order chi connectivity index (χ1) is 34.5. The number of para-hydroxylation sites is 2. The molecular weight excluding hydrogens is 877 g/mol. The van der Waals surface area contributed by atoms with Crippen LogP contribution < -0.4 is 9.64 Å². The third-order valence-corrected chi connectivity index (χ3v) is 15.2. The molecule has 0 fully saturated rings. The third-order valence-electron chi connectivity index (χ3n) is 14.0. The van der Waals surface area contributed by atoms with Crippen molar-refractivity contribution in [2.24, 2.45) is 0 Å². The Bertz CT molecular complexity index is 3880. The van der Waals surface area contributed by atoms with Crippen LogP contribution >= 0.6 is 11.8 Å². The molecule has 7 nitrogen and oxygen atoms in total. The maximum atomic E-state index is 7.15. The molecule has 2 aliphatic heterocycles. The fourth-order valence-electron chi connectivity index (χ4n) is 10.7. The molecule has 1 spiro atoms. The molecule has 70 heavy (non-hydrogen) atoms. The molecule has 0 amide bonds. The van der Waals surface area contributed by atoms with E-state index in [0.29, 0.717) is 17.5 Å². The molecule has 3 aromatic heterocycles. The Kier molecular flexibility index (Phi) is 9.03. The summed E-state index contributed by atoms with van der Waals surface area (Å²) in [5, 5.41) is 2.37. The van der Waals surface area contributed by atoms with Gasteiger partial charge in [-0.3, -0.25) is 9.97 Å². The van der Waals surface area contributed by atoms with Crippen molar-refractivity contribution in [1.82, 2.24) is 24.9 Å². The van der Waals surface area contributed by atoms with Crippen molar-refractivity contribution in [3.8, 4) is 68.2 Å². The minimum atomic E-state index is -0.790. The number of fused-ring (bicyclic) bond motifs is 13. The monoisotopic (exact) mass is 916 g/mol. The highest BCUT2D eigenvalue weighted by molar-refractivity contribution is 7.99. The SMILES string of the molecule is Cc1ccc(-c2nc(-c3ccc(C)cc3)nc(-c3ccccc3-c3cnc4c(c3)C3(c5ccccc5Sc5c3ccc3c5Oc5ccccc5N3c3ccc5ccccc5c3)c3cccnc3-4)n2)cc1. The van der Waals surface area contributed by atoms with E-state index in [4.69, 9.17) is 29.7 Å². The fraction of sp³-hybridized carbons (Fsp3) is 0.0484. The first-order valence-corrected chi connectivity index (χ1v) is 24.3. The van der Waals surface area contributed by atoms with E-state index in [2.05, 4.69) is 207 Å². The smallest absolute Gasteiger partial charge is 0.165 e. The average molecular weight is 917 g/mol. The number of hydrogen-bond donors (Lipinski definition) is 0. The normalized spacial score (nSPS) is 14.8. The van der Waals surface area contributed by atoms with Gasteiger partial charge in [-0.25, -0.2) is 15.0 Å². The van der Waals surface area contributed by atoms with Gasteiger partial charge in [-0.05, 0) is 95.4 Å². The van der Waals surface area contributed by atoms with Gasteiger partial charge in [0.1, 0.15) is 0 Å². The van der Waals surface area contributed by atoms with E-state index in [0.717, 1.165) is 94.2 Å². The second-order valence-electron chi connectivity index (χ2n) is 18.2. The van der Waals surface area contributed by atoms with Gasteiger partial charge in [0.05, 0.1) is 33.1 Å². The molecule has 8 heteroatoms. The standard InChI is InChI=1S/C62H40N6OS/c1-37-21-25-40(26-22-37)59-65-60(41-27-23-38(2)24-28-41)67-61(66-59)46-15-6-5-14-45(46)43-35-50-56(64-36-43)55-48(17-11-33-63-55)62(50)47-16-7-10-20-54(47)70-58-49(62)31-32-52-57(58)69-53-19-9-8-18-51(53)68(52)44-30-29-39-12-3-4-13-42(39)34-44/h3-36H,1-2H3. The van der Waals surface area contributed by atoms with Gasteiger partial charge < -0.3 is 9.64 Å². The zero-order valence-corrected chi connectivity index (χ0v) is 38.9. The first kappa shape index (κ1) is 40.4. The minimum absolute atomic E-state index is 0.585. The highest BCUT2D eigenvalue weighted by atomic mass is 32.2. The average Bonchev–Trinajstić information content (AvgIpc) is 3.70. The van der Waals surface area contributed by atoms with Gasteiger partial charge in [-0.1, -0.05) is 168 Å². The quantitative estimate of drug-likeness (QED) is 0.169. The van der Waals surface area contributed by atoms with Crippen LogP contribution in [0.25, 0.3) is 67.5 Å². The van der Waals surface area contributed by atoms with E-state index in [-0.39, 0.29) is 0 Å². The number of nitrogens with zero attached hydrogens (tertiary/aromatic N) is 6. The largest absolute Gasteiger partial charge is 0.452 e. The van der Waals surface area contributed by atoms with Crippen molar-refractivity contribution in [2.45, 2.75) is 29.1 Å². The summed E-state index contributed by atoms with van der Waals surface area (Å²) in [4.78, 5) is 30.5. The highest BCUT2D eigenvalue weighted by Gasteiger charge is 2.53. The number of benzene rings is 8. The lowest BCUT2D eigenvalue weighted by molar-refractivity contribution is 0.461.